The van der Waals surface area contributed by atoms with Gasteiger partial charge in [-0.3, -0.25) is 9.56 Å². The molecule has 0 amide bonds. The fourth-order valence-corrected chi connectivity index (χ4v) is 7.48. The number of benzene rings is 2. The van der Waals surface area contributed by atoms with E-state index in [-0.39, 0.29) is 0 Å². The lowest BCUT2D eigenvalue weighted by atomic mass is 9.79. The maximum Gasteiger partial charge on any atom is 0.238 e. The molecule has 3 N–H and O–H groups in total. The average Bonchev–Trinajstić information content (AvgIpc) is 2.92. The number of hydrogen-bond acceptors (Lipinski definition) is 5. The molecule has 1 saturated carbocycles. The van der Waals surface area contributed by atoms with Crippen LogP contribution in [-0.2, 0) is 15.7 Å². The van der Waals surface area contributed by atoms with Crippen LogP contribution in [0.4, 0.5) is 0 Å². The van der Waals surface area contributed by atoms with Crippen LogP contribution in [0.3, 0.4) is 0 Å². The van der Waals surface area contributed by atoms with Gasteiger partial charge in [0.05, 0.1) is 11.4 Å². The van der Waals surface area contributed by atoms with Crippen molar-refractivity contribution in [1.82, 2.24) is 0 Å². The largest absolute Gasteiger partial charge is 0.464 e. The highest BCUT2D eigenvalue weighted by Gasteiger charge is 2.36. The number of hydrogen-bond donors (Lipinski definition) is 2. The Morgan fingerprint density at radius 2 is 1.82 bits per heavy atom. The Bertz CT molecular complexity index is 1270. The molecule has 0 aromatic heterocycles. The molecule has 0 unspecified atom stereocenters. The van der Waals surface area contributed by atoms with Gasteiger partial charge >= 0.3 is 0 Å². The molecule has 1 aliphatic carbocycles. The first kappa shape index (κ1) is 28.1. The van der Waals surface area contributed by atoms with Gasteiger partial charge in [-0.2, -0.15) is 0 Å². The third-order valence-corrected chi connectivity index (χ3v) is 9.69. The molecule has 1 aliphatic heterocycles. The van der Waals surface area contributed by atoms with Crippen LogP contribution in [-0.4, -0.2) is 41.5 Å². The molecule has 4 rings (SSSR count). The molecule has 2 aliphatic rings. The minimum atomic E-state index is -3.13. The number of aliphatic imine (C=N–C) groups is 2. The van der Waals surface area contributed by atoms with Crippen LogP contribution < -0.4 is 5.73 Å². The van der Waals surface area contributed by atoms with Gasteiger partial charge in [0.15, 0.2) is 0 Å². The molecule has 7 heteroatoms. The topological polar surface area (TPSA) is 97.3 Å². The van der Waals surface area contributed by atoms with Crippen molar-refractivity contribution >= 4 is 19.0 Å². The van der Waals surface area contributed by atoms with E-state index in [2.05, 4.69) is 35.8 Å². The maximum atomic E-state index is 12.9. The lowest BCUT2D eigenvalue weighted by Gasteiger charge is -2.34. The van der Waals surface area contributed by atoms with Crippen LogP contribution in [0.25, 0.3) is 0 Å². The zero-order valence-corrected chi connectivity index (χ0v) is 23.7. The second-order valence-electron chi connectivity index (χ2n) is 10.9. The van der Waals surface area contributed by atoms with E-state index < -0.39 is 13.0 Å². The van der Waals surface area contributed by atoms with Crippen molar-refractivity contribution in [2.75, 3.05) is 19.4 Å². The standard InChI is InChI=1S/C31H40N3O3P/c1-5-27(32)28-30(33-4)37-31(2,3)29(34-28)26-17-15-25(16-18-26)24-13-11-23(12-14-24)21-38(35,36)20-19-22-9-7-6-8-10-22/h5-10,15-18,23-24H,1,11-14,19-21,32H2,2-4H3,(H,35,36)/b28-27-,33-30+/t23-,24-. The van der Waals surface area contributed by atoms with Gasteiger partial charge in [-0.05, 0) is 75.0 Å². The van der Waals surface area contributed by atoms with Gasteiger partial charge in [0, 0.05) is 24.9 Å². The maximum absolute atomic E-state index is 12.9. The number of ether oxygens (including phenoxy) is 1. The Labute approximate surface area is 226 Å². The normalized spacial score (nSPS) is 25.2. The molecule has 1 heterocycles. The van der Waals surface area contributed by atoms with Crippen LogP contribution in [0, 0.1) is 5.92 Å². The van der Waals surface area contributed by atoms with Crippen molar-refractivity contribution in [3.05, 3.63) is 95.3 Å². The molecule has 6 nitrogen and oxygen atoms in total. The van der Waals surface area contributed by atoms with Gasteiger partial charge in [0.25, 0.3) is 0 Å². The van der Waals surface area contributed by atoms with Crippen LogP contribution in [0.2, 0.25) is 0 Å². The molecule has 2 aromatic carbocycles. The minimum absolute atomic E-state index is 0.321. The Morgan fingerprint density at radius 1 is 1.16 bits per heavy atom. The van der Waals surface area contributed by atoms with E-state index >= 15 is 0 Å². The summed E-state index contributed by atoms with van der Waals surface area (Å²) < 4.78 is 19.0. The van der Waals surface area contributed by atoms with Crippen molar-refractivity contribution in [1.29, 1.82) is 0 Å². The van der Waals surface area contributed by atoms with Crippen molar-refractivity contribution in [2.45, 2.75) is 57.5 Å². The van der Waals surface area contributed by atoms with Crippen molar-refractivity contribution in [2.24, 2.45) is 21.6 Å². The Balaban J connectivity index is 1.38. The van der Waals surface area contributed by atoms with E-state index in [1.807, 2.05) is 44.2 Å². The molecule has 0 spiro atoms. The van der Waals surface area contributed by atoms with E-state index in [1.165, 1.54) is 5.56 Å². The van der Waals surface area contributed by atoms with E-state index in [0.29, 0.717) is 47.9 Å². The fraction of sp³-hybridized carbons (Fsp3) is 0.419. The second kappa shape index (κ2) is 11.8. The molecule has 2 aromatic rings. The fourth-order valence-electron chi connectivity index (χ4n) is 5.52. The highest BCUT2D eigenvalue weighted by Crippen LogP contribution is 2.47. The summed E-state index contributed by atoms with van der Waals surface area (Å²) in [6.45, 7) is 7.71. The first-order valence-corrected chi connectivity index (χ1v) is 15.5. The Kier molecular flexibility index (Phi) is 8.74. The summed E-state index contributed by atoms with van der Waals surface area (Å²) in [5.41, 5.74) is 10.6. The van der Waals surface area contributed by atoms with Crippen LogP contribution >= 0.6 is 7.37 Å². The van der Waals surface area contributed by atoms with Crippen molar-refractivity contribution in [3.8, 4) is 0 Å². The summed E-state index contributed by atoms with van der Waals surface area (Å²) in [6, 6.07) is 18.5. The van der Waals surface area contributed by atoms with Gasteiger partial charge in [-0.1, -0.05) is 61.2 Å². The first-order chi connectivity index (χ1) is 18.1. The SMILES string of the molecule is C=C/C(N)=C1/N=C(c2ccc([C@H]3CC[C@H](C[P@](=O)(O)CCc4ccccc4)CC3)cc2)C(C)(C)O/C1=N/C. The summed E-state index contributed by atoms with van der Waals surface area (Å²) in [7, 11) is -1.46. The molecule has 38 heavy (non-hydrogen) atoms. The van der Waals surface area contributed by atoms with Gasteiger partial charge in [0.1, 0.15) is 11.3 Å². The number of rotatable bonds is 8. The number of aryl methyl sites for hydroxylation is 1. The zero-order valence-electron chi connectivity index (χ0n) is 22.8. The summed E-state index contributed by atoms with van der Waals surface area (Å²) in [6.07, 6.45) is 7.08. The van der Waals surface area contributed by atoms with E-state index in [4.69, 9.17) is 15.5 Å². The molecular formula is C31H40N3O3P. The quantitative estimate of drug-likeness (QED) is 0.381. The van der Waals surface area contributed by atoms with Gasteiger partial charge < -0.3 is 15.4 Å². The van der Waals surface area contributed by atoms with Gasteiger partial charge in [-0.15, -0.1) is 0 Å². The Morgan fingerprint density at radius 3 is 2.42 bits per heavy atom. The van der Waals surface area contributed by atoms with E-state index in [0.717, 1.165) is 42.5 Å². The molecule has 0 saturated heterocycles. The van der Waals surface area contributed by atoms with Crippen LogP contribution in [0.5, 0.6) is 0 Å². The predicted molar refractivity (Wildman–Crippen MR) is 157 cm³/mol. The first-order valence-electron chi connectivity index (χ1n) is 13.4. The molecule has 1 atom stereocenters. The lowest BCUT2D eigenvalue weighted by Crippen LogP contribution is -2.42. The van der Waals surface area contributed by atoms with E-state index in [9.17, 15) is 9.46 Å². The molecular weight excluding hydrogens is 493 g/mol. The highest BCUT2D eigenvalue weighted by atomic mass is 31.2. The predicted octanol–water partition coefficient (Wildman–Crippen LogP) is 6.46. The molecule has 0 bridgehead atoms. The number of allylic oxidation sites excluding steroid dienone is 1. The Hall–Kier alpha value is -2.95. The smallest absolute Gasteiger partial charge is 0.238 e. The minimum Gasteiger partial charge on any atom is -0.464 e. The van der Waals surface area contributed by atoms with Crippen LogP contribution in [0.1, 0.15) is 62.1 Å². The number of nitrogens with two attached hydrogens (primary N) is 1. The lowest BCUT2D eigenvalue weighted by molar-refractivity contribution is 0.163. The summed E-state index contributed by atoms with van der Waals surface area (Å²) >= 11 is 0. The summed E-state index contributed by atoms with van der Waals surface area (Å²) in [5.74, 6) is 1.20. The third-order valence-electron chi connectivity index (χ3n) is 7.68. The average molecular weight is 534 g/mol. The van der Waals surface area contributed by atoms with Crippen molar-refractivity contribution < 1.29 is 14.2 Å². The highest BCUT2D eigenvalue weighted by molar-refractivity contribution is 7.58. The molecule has 1 fully saturated rings. The van der Waals surface area contributed by atoms with Gasteiger partial charge in [0.2, 0.25) is 13.3 Å². The summed E-state index contributed by atoms with van der Waals surface area (Å²) in [4.78, 5) is 19.7. The zero-order chi connectivity index (χ0) is 27.3. The molecule has 202 valence electrons. The monoisotopic (exact) mass is 533 g/mol. The summed E-state index contributed by atoms with van der Waals surface area (Å²) in [5, 5.41) is 0. The van der Waals surface area contributed by atoms with Crippen molar-refractivity contribution in [3.63, 3.8) is 0 Å². The van der Waals surface area contributed by atoms with Crippen LogP contribution in [0.15, 0.2) is 88.6 Å². The van der Waals surface area contributed by atoms with E-state index in [1.54, 1.807) is 13.1 Å². The second-order valence-corrected chi connectivity index (χ2v) is 13.4. The molecule has 0 radical (unpaired) electrons. The third kappa shape index (κ3) is 6.73. The van der Waals surface area contributed by atoms with Gasteiger partial charge in [-0.25, -0.2) is 4.99 Å². The number of nitrogens with zero attached hydrogens (tertiary/aromatic N) is 2.